The van der Waals surface area contributed by atoms with Crippen molar-refractivity contribution in [3.05, 3.63) is 65.2 Å². The van der Waals surface area contributed by atoms with Crippen LogP contribution in [0, 0.1) is 0 Å². The molecule has 2 rings (SSSR count). The van der Waals surface area contributed by atoms with Crippen molar-refractivity contribution in [1.29, 1.82) is 0 Å². The van der Waals surface area contributed by atoms with Gasteiger partial charge in [-0.2, -0.15) is 0 Å². The summed E-state index contributed by atoms with van der Waals surface area (Å²) in [6.07, 6.45) is 12.3. The van der Waals surface area contributed by atoms with Gasteiger partial charge in [-0.3, -0.25) is 4.79 Å². The quantitative estimate of drug-likeness (QED) is 0.214. The Morgan fingerprint density at radius 2 is 1.37 bits per heavy atom. The molecule has 0 fully saturated rings. The first-order valence-electron chi connectivity index (χ1n) is 11.2. The summed E-state index contributed by atoms with van der Waals surface area (Å²) in [6, 6.07) is 12.8. The standard InChI is InChI=1S/C26H34O4/c1-2-3-4-5-6-7-8-9-10-13-19-30-26(29)22-16-14-15-21(20-22)25(28)23-17-11-12-18-24(23)27/h11-12,14-18,20,27H,2-10,13,19H2,1H3. The molecule has 0 aliphatic heterocycles. The van der Waals surface area contributed by atoms with Crippen LogP contribution in [-0.2, 0) is 4.74 Å². The second-order valence-corrected chi connectivity index (χ2v) is 7.74. The van der Waals surface area contributed by atoms with Crippen LogP contribution in [0.3, 0.4) is 0 Å². The van der Waals surface area contributed by atoms with Crippen molar-refractivity contribution in [2.24, 2.45) is 0 Å². The summed E-state index contributed by atoms with van der Waals surface area (Å²) >= 11 is 0. The van der Waals surface area contributed by atoms with Gasteiger partial charge in [-0.25, -0.2) is 4.79 Å². The topological polar surface area (TPSA) is 63.6 Å². The molecule has 2 aromatic rings. The highest BCUT2D eigenvalue weighted by atomic mass is 16.5. The molecular formula is C26H34O4. The average molecular weight is 411 g/mol. The van der Waals surface area contributed by atoms with Gasteiger partial charge in [0.1, 0.15) is 5.75 Å². The highest BCUT2D eigenvalue weighted by molar-refractivity contribution is 6.11. The maximum Gasteiger partial charge on any atom is 0.338 e. The SMILES string of the molecule is CCCCCCCCCCCCOC(=O)c1cccc(C(=O)c2ccccc2O)c1. The van der Waals surface area contributed by atoms with E-state index in [1.165, 1.54) is 63.5 Å². The van der Waals surface area contributed by atoms with Gasteiger partial charge in [0.25, 0.3) is 0 Å². The molecule has 0 amide bonds. The van der Waals surface area contributed by atoms with Crippen molar-refractivity contribution < 1.29 is 19.4 Å². The number of benzene rings is 2. The molecule has 0 saturated carbocycles. The van der Waals surface area contributed by atoms with E-state index in [0.29, 0.717) is 17.7 Å². The minimum absolute atomic E-state index is 0.0727. The molecule has 0 saturated heterocycles. The van der Waals surface area contributed by atoms with Crippen LogP contribution in [0.4, 0.5) is 0 Å². The highest BCUT2D eigenvalue weighted by Gasteiger charge is 2.15. The number of carbonyl (C=O) groups excluding carboxylic acids is 2. The Hall–Kier alpha value is -2.62. The molecule has 4 nitrogen and oxygen atoms in total. The van der Waals surface area contributed by atoms with Crippen LogP contribution in [0.15, 0.2) is 48.5 Å². The molecule has 0 aliphatic rings. The van der Waals surface area contributed by atoms with Crippen LogP contribution in [0.25, 0.3) is 0 Å². The van der Waals surface area contributed by atoms with E-state index in [9.17, 15) is 14.7 Å². The number of aromatic hydroxyl groups is 1. The molecule has 0 spiro atoms. The molecule has 0 bridgehead atoms. The lowest BCUT2D eigenvalue weighted by Gasteiger charge is -2.07. The third-order valence-electron chi connectivity index (χ3n) is 5.24. The second-order valence-electron chi connectivity index (χ2n) is 7.74. The van der Waals surface area contributed by atoms with Crippen molar-refractivity contribution in [3.63, 3.8) is 0 Å². The number of hydrogen-bond acceptors (Lipinski definition) is 4. The predicted molar refractivity (Wildman–Crippen MR) is 120 cm³/mol. The number of phenols is 1. The van der Waals surface area contributed by atoms with E-state index in [-0.39, 0.29) is 17.1 Å². The predicted octanol–water partition coefficient (Wildman–Crippen LogP) is 6.70. The van der Waals surface area contributed by atoms with Crippen LogP contribution in [0.1, 0.15) is 97.4 Å². The molecule has 0 radical (unpaired) electrons. The monoisotopic (exact) mass is 410 g/mol. The molecule has 162 valence electrons. The fourth-order valence-electron chi connectivity index (χ4n) is 3.45. The zero-order valence-electron chi connectivity index (χ0n) is 18.1. The summed E-state index contributed by atoms with van der Waals surface area (Å²) in [4.78, 5) is 24.9. The van der Waals surface area contributed by atoms with Gasteiger partial charge >= 0.3 is 5.97 Å². The summed E-state index contributed by atoms with van der Waals surface area (Å²) < 4.78 is 5.36. The summed E-state index contributed by atoms with van der Waals surface area (Å²) in [5, 5.41) is 9.88. The van der Waals surface area contributed by atoms with Crippen LogP contribution < -0.4 is 0 Å². The molecule has 0 aliphatic carbocycles. The highest BCUT2D eigenvalue weighted by Crippen LogP contribution is 2.20. The van der Waals surface area contributed by atoms with E-state index in [1.54, 1.807) is 36.4 Å². The zero-order valence-corrected chi connectivity index (χ0v) is 18.1. The van der Waals surface area contributed by atoms with E-state index in [4.69, 9.17) is 4.74 Å². The van der Waals surface area contributed by atoms with Crippen LogP contribution in [0.5, 0.6) is 5.75 Å². The minimum atomic E-state index is -0.419. The number of phenolic OH excluding ortho intramolecular Hbond substituents is 1. The Morgan fingerprint density at radius 1 is 0.767 bits per heavy atom. The number of hydrogen-bond donors (Lipinski definition) is 1. The van der Waals surface area contributed by atoms with Gasteiger partial charge in [0, 0.05) is 5.56 Å². The molecule has 4 heteroatoms. The first-order chi connectivity index (χ1) is 14.6. The van der Waals surface area contributed by atoms with Crippen LogP contribution in [-0.4, -0.2) is 23.5 Å². The van der Waals surface area contributed by atoms with E-state index in [1.807, 2.05) is 0 Å². The summed E-state index contributed by atoms with van der Waals surface area (Å²) in [5.74, 6) is -0.813. The van der Waals surface area contributed by atoms with E-state index < -0.39 is 5.97 Å². The van der Waals surface area contributed by atoms with E-state index >= 15 is 0 Å². The molecule has 0 aromatic heterocycles. The molecule has 1 N–H and O–H groups in total. The van der Waals surface area contributed by atoms with Crippen molar-refractivity contribution in [2.45, 2.75) is 71.1 Å². The first kappa shape index (κ1) is 23.7. The van der Waals surface area contributed by atoms with E-state index in [0.717, 1.165) is 12.8 Å². The smallest absolute Gasteiger partial charge is 0.338 e. The Bertz CT molecular complexity index is 797. The lowest BCUT2D eigenvalue weighted by atomic mass is 10.0. The van der Waals surface area contributed by atoms with Gasteiger partial charge in [-0.05, 0) is 30.7 Å². The second kappa shape index (κ2) is 13.6. The Labute approximate surface area is 180 Å². The van der Waals surface area contributed by atoms with Crippen molar-refractivity contribution in [3.8, 4) is 5.75 Å². The summed E-state index contributed by atoms with van der Waals surface area (Å²) in [6.45, 7) is 2.63. The molecular weight excluding hydrogens is 376 g/mol. The number of ether oxygens (including phenoxy) is 1. The molecule has 0 atom stereocenters. The van der Waals surface area contributed by atoms with Crippen molar-refractivity contribution in [2.75, 3.05) is 6.61 Å². The number of carbonyl (C=O) groups is 2. The molecule has 30 heavy (non-hydrogen) atoms. The summed E-state index contributed by atoms with van der Waals surface area (Å²) in [5.41, 5.74) is 0.918. The van der Waals surface area contributed by atoms with Crippen LogP contribution in [0.2, 0.25) is 0 Å². The fraction of sp³-hybridized carbons (Fsp3) is 0.462. The van der Waals surface area contributed by atoms with Gasteiger partial charge in [0.2, 0.25) is 0 Å². The Balaban J connectivity index is 1.69. The summed E-state index contributed by atoms with van der Waals surface area (Å²) in [7, 11) is 0. The third-order valence-corrected chi connectivity index (χ3v) is 5.24. The van der Waals surface area contributed by atoms with Gasteiger partial charge in [0.05, 0.1) is 17.7 Å². The number of esters is 1. The third kappa shape index (κ3) is 8.02. The van der Waals surface area contributed by atoms with Gasteiger partial charge < -0.3 is 9.84 Å². The minimum Gasteiger partial charge on any atom is -0.507 e. The van der Waals surface area contributed by atoms with Crippen molar-refractivity contribution >= 4 is 11.8 Å². The first-order valence-corrected chi connectivity index (χ1v) is 11.2. The molecule has 0 heterocycles. The number of unbranched alkanes of at least 4 members (excludes halogenated alkanes) is 9. The van der Waals surface area contributed by atoms with Gasteiger partial charge in [-0.1, -0.05) is 89.0 Å². The fourth-order valence-corrected chi connectivity index (χ4v) is 3.45. The Kier molecular flexibility index (Phi) is 10.7. The maximum absolute atomic E-state index is 12.6. The number of para-hydroxylation sites is 1. The van der Waals surface area contributed by atoms with Gasteiger partial charge in [-0.15, -0.1) is 0 Å². The van der Waals surface area contributed by atoms with Crippen molar-refractivity contribution in [1.82, 2.24) is 0 Å². The Morgan fingerprint density at radius 3 is 2.03 bits per heavy atom. The molecule has 0 unspecified atom stereocenters. The maximum atomic E-state index is 12.6. The van der Waals surface area contributed by atoms with Crippen LogP contribution >= 0.6 is 0 Å². The lowest BCUT2D eigenvalue weighted by molar-refractivity contribution is 0.0497. The lowest BCUT2D eigenvalue weighted by Crippen LogP contribution is -2.09. The number of rotatable bonds is 14. The van der Waals surface area contributed by atoms with Gasteiger partial charge in [0.15, 0.2) is 5.78 Å². The largest absolute Gasteiger partial charge is 0.507 e. The normalized spacial score (nSPS) is 10.7. The number of ketones is 1. The van der Waals surface area contributed by atoms with E-state index in [2.05, 4.69) is 6.92 Å². The zero-order chi connectivity index (χ0) is 21.6. The molecule has 2 aromatic carbocycles. The average Bonchev–Trinajstić information content (AvgIpc) is 2.77.